The van der Waals surface area contributed by atoms with Crippen LogP contribution in [-0.2, 0) is 11.3 Å². The topological polar surface area (TPSA) is 40.6 Å². The Kier molecular flexibility index (Phi) is 4.38. The van der Waals surface area contributed by atoms with Crippen molar-refractivity contribution in [2.75, 3.05) is 4.90 Å². The van der Waals surface area contributed by atoms with Gasteiger partial charge in [-0.2, -0.15) is 0 Å². The summed E-state index contributed by atoms with van der Waals surface area (Å²) in [5.74, 6) is 0.305. The molecule has 2 aromatic rings. The van der Waals surface area contributed by atoms with Gasteiger partial charge in [-0.15, -0.1) is 0 Å². The number of carbonyl (C=O) groups excluding carboxylic acids is 2. The summed E-state index contributed by atoms with van der Waals surface area (Å²) in [6.45, 7) is 6.36. The lowest BCUT2D eigenvalue weighted by atomic mass is 10.0. The maximum atomic E-state index is 12.7. The minimum absolute atomic E-state index is 0.156. The maximum Gasteiger partial charge on any atom is 0.332 e. The van der Waals surface area contributed by atoms with Crippen LogP contribution in [0.3, 0.4) is 0 Å². The fourth-order valence-corrected chi connectivity index (χ4v) is 2.98. The summed E-state index contributed by atoms with van der Waals surface area (Å²) in [4.78, 5) is 28.2. The van der Waals surface area contributed by atoms with Crippen LogP contribution in [0.15, 0.2) is 54.6 Å². The predicted molar refractivity (Wildman–Crippen MR) is 94.9 cm³/mol. The molecule has 1 unspecified atom stereocenters. The fraction of sp³-hybridized carbons (Fsp3) is 0.300. The third-order valence-corrected chi connectivity index (χ3v) is 4.47. The van der Waals surface area contributed by atoms with Crippen molar-refractivity contribution >= 4 is 17.6 Å². The molecule has 1 heterocycles. The van der Waals surface area contributed by atoms with Crippen LogP contribution in [0.2, 0.25) is 0 Å². The van der Waals surface area contributed by atoms with Gasteiger partial charge in [-0.3, -0.25) is 14.6 Å². The number of anilines is 1. The first-order valence-electron chi connectivity index (χ1n) is 8.27. The van der Waals surface area contributed by atoms with Crippen molar-refractivity contribution in [2.24, 2.45) is 0 Å². The van der Waals surface area contributed by atoms with E-state index in [-0.39, 0.29) is 11.9 Å². The van der Waals surface area contributed by atoms with Gasteiger partial charge in [-0.25, -0.2) is 4.79 Å². The lowest BCUT2D eigenvalue weighted by molar-refractivity contribution is -0.127. The number of urea groups is 1. The van der Waals surface area contributed by atoms with Crippen LogP contribution < -0.4 is 4.90 Å². The number of para-hydroxylation sites is 1. The zero-order chi connectivity index (χ0) is 17.3. The van der Waals surface area contributed by atoms with Gasteiger partial charge in [0.15, 0.2) is 0 Å². The summed E-state index contributed by atoms with van der Waals surface area (Å²) in [5, 5.41) is 0. The van der Waals surface area contributed by atoms with Crippen LogP contribution in [0.5, 0.6) is 0 Å². The zero-order valence-electron chi connectivity index (χ0n) is 14.3. The Morgan fingerprint density at radius 1 is 0.958 bits per heavy atom. The van der Waals surface area contributed by atoms with Crippen molar-refractivity contribution in [2.45, 2.75) is 39.3 Å². The number of imide groups is 1. The molecule has 0 N–H and O–H groups in total. The molecule has 0 radical (unpaired) electrons. The van der Waals surface area contributed by atoms with Gasteiger partial charge in [0.2, 0.25) is 0 Å². The number of rotatable bonds is 4. The summed E-state index contributed by atoms with van der Waals surface area (Å²) in [6.07, 6.45) is 0. The lowest BCUT2D eigenvalue weighted by Crippen LogP contribution is -2.33. The lowest BCUT2D eigenvalue weighted by Gasteiger charge is -2.19. The van der Waals surface area contributed by atoms with Gasteiger partial charge >= 0.3 is 6.03 Å². The fourth-order valence-electron chi connectivity index (χ4n) is 2.98. The SMILES string of the molecule is CC(C)c1ccc(CN2C(=O)C(C)N(c3ccccc3)C2=O)cc1. The molecule has 0 spiro atoms. The van der Waals surface area contributed by atoms with Crippen LogP contribution in [-0.4, -0.2) is 22.9 Å². The summed E-state index contributed by atoms with van der Waals surface area (Å²) < 4.78 is 0. The maximum absolute atomic E-state index is 12.7. The van der Waals surface area contributed by atoms with Crippen molar-refractivity contribution in [3.8, 4) is 0 Å². The summed E-state index contributed by atoms with van der Waals surface area (Å²) >= 11 is 0. The molecule has 4 nitrogen and oxygen atoms in total. The molecule has 0 aromatic heterocycles. The van der Waals surface area contributed by atoms with Gasteiger partial charge in [0, 0.05) is 5.69 Å². The van der Waals surface area contributed by atoms with Gasteiger partial charge in [0.1, 0.15) is 6.04 Å². The minimum atomic E-state index is -0.477. The molecule has 124 valence electrons. The van der Waals surface area contributed by atoms with Crippen molar-refractivity contribution in [1.82, 2.24) is 4.90 Å². The molecule has 1 saturated heterocycles. The van der Waals surface area contributed by atoms with Crippen LogP contribution >= 0.6 is 0 Å². The van der Waals surface area contributed by atoms with Crippen molar-refractivity contribution in [1.29, 1.82) is 0 Å². The second-order valence-corrected chi connectivity index (χ2v) is 6.48. The smallest absolute Gasteiger partial charge is 0.282 e. The Balaban J connectivity index is 1.81. The van der Waals surface area contributed by atoms with E-state index in [2.05, 4.69) is 26.0 Å². The van der Waals surface area contributed by atoms with E-state index in [0.717, 1.165) is 11.3 Å². The highest BCUT2D eigenvalue weighted by molar-refractivity contribution is 6.13. The number of nitrogens with zero attached hydrogens (tertiary/aromatic N) is 2. The van der Waals surface area contributed by atoms with Gasteiger partial charge in [0.05, 0.1) is 6.54 Å². The first-order valence-corrected chi connectivity index (χ1v) is 8.27. The van der Waals surface area contributed by atoms with E-state index < -0.39 is 6.04 Å². The van der Waals surface area contributed by atoms with Crippen molar-refractivity contribution in [3.05, 3.63) is 65.7 Å². The number of carbonyl (C=O) groups is 2. The number of amides is 3. The van der Waals surface area contributed by atoms with E-state index in [4.69, 9.17) is 0 Å². The Morgan fingerprint density at radius 3 is 2.17 bits per heavy atom. The van der Waals surface area contributed by atoms with Gasteiger partial charge < -0.3 is 0 Å². The average Bonchev–Trinajstić information content (AvgIpc) is 2.80. The summed E-state index contributed by atoms with van der Waals surface area (Å²) in [5.41, 5.74) is 2.96. The molecule has 4 heteroatoms. The van der Waals surface area contributed by atoms with E-state index in [0.29, 0.717) is 12.5 Å². The third kappa shape index (κ3) is 2.92. The largest absolute Gasteiger partial charge is 0.332 e. The van der Waals surface area contributed by atoms with E-state index in [1.54, 1.807) is 11.8 Å². The molecule has 2 aromatic carbocycles. The van der Waals surface area contributed by atoms with Crippen molar-refractivity contribution < 1.29 is 9.59 Å². The first-order chi connectivity index (χ1) is 11.5. The highest BCUT2D eigenvalue weighted by Gasteiger charge is 2.43. The summed E-state index contributed by atoms with van der Waals surface area (Å²) in [7, 11) is 0. The average molecular weight is 322 g/mol. The standard InChI is InChI=1S/C20H22N2O2/c1-14(2)17-11-9-16(10-12-17)13-21-19(23)15(3)22(20(21)24)18-7-5-4-6-8-18/h4-12,14-15H,13H2,1-3H3. The Morgan fingerprint density at radius 2 is 1.58 bits per heavy atom. The minimum Gasteiger partial charge on any atom is -0.282 e. The normalized spacial score (nSPS) is 17.9. The highest BCUT2D eigenvalue weighted by atomic mass is 16.2. The molecule has 24 heavy (non-hydrogen) atoms. The molecular formula is C20H22N2O2. The monoisotopic (exact) mass is 322 g/mol. The highest BCUT2D eigenvalue weighted by Crippen LogP contribution is 2.27. The van der Waals surface area contributed by atoms with E-state index in [9.17, 15) is 9.59 Å². The molecule has 1 aliphatic rings. The van der Waals surface area contributed by atoms with Gasteiger partial charge in [-0.1, -0.05) is 56.3 Å². The van der Waals surface area contributed by atoms with E-state index >= 15 is 0 Å². The molecule has 1 aliphatic heterocycles. The second kappa shape index (κ2) is 6.48. The Labute approximate surface area is 142 Å². The van der Waals surface area contributed by atoms with E-state index in [1.807, 2.05) is 42.5 Å². The van der Waals surface area contributed by atoms with Crippen LogP contribution in [0.25, 0.3) is 0 Å². The Hall–Kier alpha value is -2.62. The zero-order valence-corrected chi connectivity index (χ0v) is 14.3. The molecule has 1 atom stereocenters. The molecule has 3 rings (SSSR count). The number of hydrogen-bond donors (Lipinski definition) is 0. The van der Waals surface area contributed by atoms with Crippen molar-refractivity contribution in [3.63, 3.8) is 0 Å². The van der Waals surface area contributed by atoms with Gasteiger partial charge in [0.25, 0.3) is 5.91 Å². The molecular weight excluding hydrogens is 300 g/mol. The third-order valence-electron chi connectivity index (χ3n) is 4.47. The first kappa shape index (κ1) is 16.2. The molecule has 0 aliphatic carbocycles. The molecule has 3 amide bonds. The van der Waals surface area contributed by atoms with Crippen LogP contribution in [0.4, 0.5) is 10.5 Å². The second-order valence-electron chi connectivity index (χ2n) is 6.48. The quantitative estimate of drug-likeness (QED) is 0.793. The van der Waals surface area contributed by atoms with Crippen LogP contribution in [0, 0.1) is 0 Å². The Bertz CT molecular complexity index is 738. The number of hydrogen-bond acceptors (Lipinski definition) is 2. The predicted octanol–water partition coefficient (Wildman–Crippen LogP) is 4.17. The van der Waals surface area contributed by atoms with Gasteiger partial charge in [-0.05, 0) is 36.1 Å². The molecule has 0 bridgehead atoms. The summed E-state index contributed by atoms with van der Waals surface area (Å²) in [6, 6.07) is 16.7. The number of benzene rings is 2. The van der Waals surface area contributed by atoms with Crippen LogP contribution in [0.1, 0.15) is 37.8 Å². The molecule has 0 saturated carbocycles. The van der Waals surface area contributed by atoms with E-state index in [1.165, 1.54) is 10.5 Å². The molecule has 1 fully saturated rings.